The molecule has 8 heteroatoms. The Morgan fingerprint density at radius 3 is 2.25 bits per heavy atom. The van der Waals surface area contributed by atoms with Gasteiger partial charge < -0.3 is 20.1 Å². The summed E-state index contributed by atoms with van der Waals surface area (Å²) in [6.07, 6.45) is 5.76. The van der Waals surface area contributed by atoms with Gasteiger partial charge in [-0.05, 0) is 39.0 Å². The van der Waals surface area contributed by atoms with Crippen molar-refractivity contribution in [1.29, 1.82) is 0 Å². The topological polar surface area (TPSA) is 113 Å². The Morgan fingerprint density at radius 1 is 1.21 bits per heavy atom. The Labute approximate surface area is 168 Å². The summed E-state index contributed by atoms with van der Waals surface area (Å²) in [6, 6.07) is 0. The van der Waals surface area contributed by atoms with Gasteiger partial charge in [0.2, 0.25) is 7.37 Å². The number of aliphatic carboxylic acids is 1. The van der Waals surface area contributed by atoms with Gasteiger partial charge in [0.05, 0.1) is 6.16 Å². The molecule has 0 aromatic carbocycles. The number of amides is 1. The van der Waals surface area contributed by atoms with Gasteiger partial charge in [0.25, 0.3) is 0 Å². The van der Waals surface area contributed by atoms with Crippen LogP contribution in [-0.2, 0) is 14.1 Å². The molecule has 1 saturated carbocycles. The van der Waals surface area contributed by atoms with E-state index in [1.165, 1.54) is 6.08 Å². The van der Waals surface area contributed by atoms with Gasteiger partial charge in [0, 0.05) is 5.57 Å². The molecule has 0 spiro atoms. The molecule has 7 nitrogen and oxygen atoms in total. The highest BCUT2D eigenvalue weighted by Gasteiger charge is 2.37. The van der Waals surface area contributed by atoms with Gasteiger partial charge in [-0.15, -0.1) is 0 Å². The van der Waals surface area contributed by atoms with Crippen LogP contribution in [0.1, 0.15) is 73.1 Å². The Kier molecular flexibility index (Phi) is 9.22. The number of carbonyl (C=O) groups is 2. The summed E-state index contributed by atoms with van der Waals surface area (Å²) >= 11 is 0. The highest BCUT2D eigenvalue weighted by atomic mass is 31.2. The van der Waals surface area contributed by atoms with E-state index in [1.807, 2.05) is 13.8 Å². The van der Waals surface area contributed by atoms with Crippen molar-refractivity contribution in [3.8, 4) is 0 Å². The van der Waals surface area contributed by atoms with Gasteiger partial charge in [-0.25, -0.2) is 9.59 Å². The molecule has 0 saturated heterocycles. The first-order valence-corrected chi connectivity index (χ1v) is 12.0. The van der Waals surface area contributed by atoms with Crippen LogP contribution < -0.4 is 5.32 Å². The number of carbonyl (C=O) groups excluding carboxylic acids is 1. The summed E-state index contributed by atoms with van der Waals surface area (Å²) in [6.45, 7) is 8.77. The molecule has 0 heterocycles. The van der Waals surface area contributed by atoms with Gasteiger partial charge in [0.15, 0.2) is 0 Å². The Hall–Kier alpha value is -1.33. The van der Waals surface area contributed by atoms with E-state index in [1.54, 1.807) is 20.8 Å². The summed E-state index contributed by atoms with van der Waals surface area (Å²) < 4.78 is 18.4. The molecule has 1 fully saturated rings. The minimum absolute atomic E-state index is 0.0679. The molecular weight excluding hydrogens is 381 g/mol. The molecule has 1 aliphatic rings. The van der Waals surface area contributed by atoms with E-state index in [0.717, 1.165) is 32.1 Å². The van der Waals surface area contributed by atoms with Crippen molar-refractivity contribution in [1.82, 2.24) is 5.32 Å². The number of allylic oxidation sites excluding steroid dienone is 1. The van der Waals surface area contributed by atoms with E-state index < -0.39 is 37.0 Å². The Morgan fingerprint density at radius 2 is 1.79 bits per heavy atom. The normalized spacial score (nSPS) is 19.8. The number of rotatable bonds is 8. The molecule has 0 aliphatic heterocycles. The third-order valence-corrected chi connectivity index (χ3v) is 6.77. The zero-order chi connectivity index (χ0) is 21.5. The van der Waals surface area contributed by atoms with Crippen LogP contribution in [0.2, 0.25) is 0 Å². The van der Waals surface area contributed by atoms with E-state index in [9.17, 15) is 24.2 Å². The van der Waals surface area contributed by atoms with E-state index in [-0.39, 0.29) is 17.4 Å². The predicted octanol–water partition coefficient (Wildman–Crippen LogP) is 4.75. The lowest BCUT2D eigenvalue weighted by molar-refractivity contribution is -0.132. The van der Waals surface area contributed by atoms with Gasteiger partial charge in [0.1, 0.15) is 11.4 Å². The van der Waals surface area contributed by atoms with Crippen molar-refractivity contribution >= 4 is 19.4 Å². The van der Waals surface area contributed by atoms with Crippen molar-refractivity contribution in [2.75, 3.05) is 6.16 Å². The SMILES string of the molecule is CC(C)/C=C(\CP(=O)(O)C(CC1CCCCC1)NC(=O)OC(C)(C)C)C(=O)O. The van der Waals surface area contributed by atoms with E-state index >= 15 is 0 Å². The molecule has 1 aliphatic carbocycles. The number of hydrogen-bond acceptors (Lipinski definition) is 4. The zero-order valence-corrected chi connectivity index (χ0v) is 18.6. The summed E-state index contributed by atoms with van der Waals surface area (Å²) in [5.41, 5.74) is -0.830. The van der Waals surface area contributed by atoms with Gasteiger partial charge in [-0.1, -0.05) is 52.0 Å². The number of alkyl carbamates (subject to hydrolysis) is 1. The van der Waals surface area contributed by atoms with E-state index in [0.29, 0.717) is 6.42 Å². The van der Waals surface area contributed by atoms with Gasteiger partial charge in [-0.3, -0.25) is 4.57 Å². The molecule has 2 unspecified atom stereocenters. The van der Waals surface area contributed by atoms with Gasteiger partial charge >= 0.3 is 12.1 Å². The number of nitrogens with one attached hydrogen (secondary N) is 1. The van der Waals surface area contributed by atoms with Crippen molar-refractivity contribution in [2.24, 2.45) is 11.8 Å². The summed E-state index contributed by atoms with van der Waals surface area (Å²) in [4.78, 5) is 34.5. The fourth-order valence-corrected chi connectivity index (χ4v) is 5.34. The van der Waals surface area contributed by atoms with Crippen molar-refractivity contribution in [3.63, 3.8) is 0 Å². The molecule has 1 rings (SSSR count). The quantitative estimate of drug-likeness (QED) is 0.388. The molecule has 162 valence electrons. The molecule has 1 amide bonds. The maximum absolute atomic E-state index is 13.2. The fraction of sp³-hybridized carbons (Fsp3) is 0.800. The summed E-state index contributed by atoms with van der Waals surface area (Å²) in [5.74, 6) is -2.07. The molecule has 0 aromatic rings. The zero-order valence-electron chi connectivity index (χ0n) is 17.7. The molecule has 0 bridgehead atoms. The third kappa shape index (κ3) is 9.24. The molecular formula is C20H36NO6P. The third-order valence-electron chi connectivity index (χ3n) is 4.66. The van der Waals surface area contributed by atoms with Crippen LogP contribution >= 0.6 is 7.37 Å². The molecule has 0 aromatic heterocycles. The first-order chi connectivity index (χ1) is 12.8. The van der Waals surface area contributed by atoms with Crippen LogP contribution in [0, 0.1) is 11.8 Å². The number of hydrogen-bond donors (Lipinski definition) is 3. The van der Waals surface area contributed by atoms with Crippen LogP contribution in [0.5, 0.6) is 0 Å². The summed E-state index contributed by atoms with van der Waals surface area (Å²) in [7, 11) is -4.02. The minimum atomic E-state index is -4.02. The van der Waals surface area contributed by atoms with Crippen molar-refractivity contribution < 1.29 is 28.9 Å². The Balaban J connectivity index is 3.03. The lowest BCUT2D eigenvalue weighted by atomic mass is 9.87. The lowest BCUT2D eigenvalue weighted by Crippen LogP contribution is -2.40. The summed E-state index contributed by atoms with van der Waals surface area (Å²) in [5, 5.41) is 12.0. The average molecular weight is 417 g/mol. The first kappa shape index (κ1) is 24.7. The minimum Gasteiger partial charge on any atom is -0.478 e. The van der Waals surface area contributed by atoms with Crippen LogP contribution in [0.25, 0.3) is 0 Å². The molecule has 0 radical (unpaired) electrons. The second-order valence-electron chi connectivity index (χ2n) is 9.06. The van der Waals surface area contributed by atoms with Crippen LogP contribution in [0.4, 0.5) is 4.79 Å². The van der Waals surface area contributed by atoms with E-state index in [4.69, 9.17) is 4.74 Å². The monoisotopic (exact) mass is 417 g/mol. The van der Waals surface area contributed by atoms with Crippen molar-refractivity contribution in [2.45, 2.75) is 84.5 Å². The molecule has 3 N–H and O–H groups in total. The maximum atomic E-state index is 13.2. The fourth-order valence-electron chi connectivity index (χ4n) is 3.45. The largest absolute Gasteiger partial charge is 0.478 e. The predicted molar refractivity (Wildman–Crippen MR) is 110 cm³/mol. The molecule has 2 atom stereocenters. The van der Waals surface area contributed by atoms with Crippen LogP contribution in [0.3, 0.4) is 0 Å². The highest BCUT2D eigenvalue weighted by molar-refractivity contribution is 7.59. The number of carboxylic acids is 1. The second-order valence-corrected chi connectivity index (χ2v) is 11.5. The van der Waals surface area contributed by atoms with Crippen LogP contribution in [0.15, 0.2) is 11.6 Å². The lowest BCUT2D eigenvalue weighted by Gasteiger charge is -2.31. The average Bonchev–Trinajstić information content (AvgIpc) is 2.52. The molecule has 28 heavy (non-hydrogen) atoms. The van der Waals surface area contributed by atoms with E-state index in [2.05, 4.69) is 5.32 Å². The highest BCUT2D eigenvalue weighted by Crippen LogP contribution is 2.50. The standard InChI is InChI=1S/C20H36NO6P/c1-14(2)11-16(18(22)23)13-28(25,26)17(12-15-9-7-6-8-10-15)21-19(24)27-20(3,4)5/h11,14-15,17H,6-10,12-13H2,1-5H3,(H,21,24)(H,22,23)(H,25,26)/b16-11+. The number of ether oxygens (including phenoxy) is 1. The maximum Gasteiger partial charge on any atom is 0.408 e. The number of carboxylic acid groups (broad SMARTS) is 1. The first-order valence-electron chi connectivity index (χ1n) is 10.0. The van der Waals surface area contributed by atoms with Gasteiger partial charge in [-0.2, -0.15) is 0 Å². The smallest absolute Gasteiger partial charge is 0.408 e. The second kappa shape index (κ2) is 10.4. The Bertz CT molecular complexity index is 617. The van der Waals surface area contributed by atoms with Crippen molar-refractivity contribution in [3.05, 3.63) is 11.6 Å². The van der Waals surface area contributed by atoms with Crippen LogP contribution in [-0.4, -0.2) is 39.6 Å².